The van der Waals surface area contributed by atoms with E-state index in [4.69, 9.17) is 22.1 Å². The van der Waals surface area contributed by atoms with Crippen molar-refractivity contribution in [1.82, 2.24) is 15.0 Å². The van der Waals surface area contributed by atoms with Gasteiger partial charge in [0, 0.05) is 11.8 Å². The molecular weight excluding hydrogens is 400 g/mol. The number of esters is 1. The number of hydrogen-bond acceptors (Lipinski definition) is 9. The molecule has 0 aliphatic carbocycles. The van der Waals surface area contributed by atoms with Crippen LogP contribution in [0.3, 0.4) is 0 Å². The monoisotopic (exact) mass is 414 g/mol. The second kappa shape index (κ2) is 8.48. The van der Waals surface area contributed by atoms with E-state index in [9.17, 15) is 14.9 Å². The molecule has 3 N–H and O–H groups in total. The number of nitrogens with one attached hydrogen (secondary N) is 1. The van der Waals surface area contributed by atoms with E-state index in [1.165, 1.54) is 12.1 Å². The van der Waals surface area contributed by atoms with E-state index >= 15 is 0 Å². The van der Waals surface area contributed by atoms with E-state index in [1.807, 2.05) is 31.2 Å². The van der Waals surface area contributed by atoms with Gasteiger partial charge in [-0.1, -0.05) is 29.8 Å². The summed E-state index contributed by atoms with van der Waals surface area (Å²) in [6.07, 6.45) is 0. The smallest absolute Gasteiger partial charge is 0.338 e. The van der Waals surface area contributed by atoms with Gasteiger partial charge in [-0.3, -0.25) is 10.1 Å². The zero-order valence-corrected chi connectivity index (χ0v) is 15.9. The number of anilines is 3. The highest BCUT2D eigenvalue weighted by Crippen LogP contribution is 2.25. The maximum atomic E-state index is 12.2. The Morgan fingerprint density at radius 2 is 2.00 bits per heavy atom. The Hall–Kier alpha value is -3.79. The number of rotatable bonds is 6. The first-order chi connectivity index (χ1) is 13.8. The lowest BCUT2D eigenvalue weighted by atomic mass is 10.2. The van der Waals surface area contributed by atoms with Gasteiger partial charge < -0.3 is 15.8 Å². The van der Waals surface area contributed by atoms with Crippen LogP contribution < -0.4 is 11.1 Å². The summed E-state index contributed by atoms with van der Waals surface area (Å²) in [5, 5.41) is 13.9. The summed E-state index contributed by atoms with van der Waals surface area (Å²) in [6, 6.07) is 11.1. The van der Waals surface area contributed by atoms with E-state index in [1.54, 1.807) is 0 Å². The van der Waals surface area contributed by atoms with Crippen LogP contribution in [-0.4, -0.2) is 25.8 Å². The normalized spacial score (nSPS) is 10.4. The SMILES string of the molecule is Cc1ccccc1Nc1nc(N)nc(COC(=O)c2ccc(Cl)c([N+](=O)[O-])c2)n1. The molecule has 0 spiro atoms. The molecule has 0 aliphatic rings. The molecule has 148 valence electrons. The minimum absolute atomic E-state index is 0.0265. The van der Waals surface area contributed by atoms with Gasteiger partial charge in [0.1, 0.15) is 5.02 Å². The van der Waals surface area contributed by atoms with Crippen molar-refractivity contribution in [3.8, 4) is 0 Å². The van der Waals surface area contributed by atoms with Crippen molar-refractivity contribution in [2.75, 3.05) is 11.1 Å². The summed E-state index contributed by atoms with van der Waals surface area (Å²) in [5.41, 5.74) is 7.05. The van der Waals surface area contributed by atoms with Crippen LogP contribution in [0.1, 0.15) is 21.7 Å². The van der Waals surface area contributed by atoms with Crippen molar-refractivity contribution in [1.29, 1.82) is 0 Å². The minimum Gasteiger partial charge on any atom is -0.454 e. The summed E-state index contributed by atoms with van der Waals surface area (Å²) >= 11 is 5.74. The number of halogens is 1. The van der Waals surface area contributed by atoms with Gasteiger partial charge >= 0.3 is 5.97 Å². The van der Waals surface area contributed by atoms with Gasteiger partial charge in [0.25, 0.3) is 5.69 Å². The molecule has 0 fully saturated rings. The van der Waals surface area contributed by atoms with Crippen LogP contribution in [0.5, 0.6) is 0 Å². The molecule has 0 radical (unpaired) electrons. The molecule has 0 atom stereocenters. The number of nitrogens with zero attached hydrogens (tertiary/aromatic N) is 4. The number of ether oxygens (including phenoxy) is 1. The number of para-hydroxylation sites is 1. The van der Waals surface area contributed by atoms with E-state index in [-0.39, 0.29) is 34.9 Å². The molecule has 3 aromatic rings. The lowest BCUT2D eigenvalue weighted by Gasteiger charge is -2.10. The van der Waals surface area contributed by atoms with E-state index in [0.717, 1.165) is 17.3 Å². The van der Waals surface area contributed by atoms with Gasteiger partial charge in [0.2, 0.25) is 11.9 Å². The second-order valence-electron chi connectivity index (χ2n) is 5.87. The maximum absolute atomic E-state index is 12.2. The van der Waals surface area contributed by atoms with Gasteiger partial charge in [-0.05, 0) is 30.7 Å². The Morgan fingerprint density at radius 1 is 1.24 bits per heavy atom. The molecule has 29 heavy (non-hydrogen) atoms. The summed E-state index contributed by atoms with van der Waals surface area (Å²) in [7, 11) is 0. The summed E-state index contributed by atoms with van der Waals surface area (Å²) in [5.74, 6) is -0.535. The number of carbonyl (C=O) groups excluding carboxylic acids is 1. The third-order valence-corrected chi connectivity index (χ3v) is 4.12. The molecule has 1 heterocycles. The van der Waals surface area contributed by atoms with Crippen molar-refractivity contribution < 1.29 is 14.5 Å². The molecule has 0 saturated carbocycles. The zero-order valence-electron chi connectivity index (χ0n) is 15.1. The highest BCUT2D eigenvalue weighted by Gasteiger charge is 2.18. The number of nitrogens with two attached hydrogens (primary N) is 1. The van der Waals surface area contributed by atoms with Crippen molar-refractivity contribution in [3.05, 3.63) is 74.6 Å². The molecule has 11 heteroatoms. The molecule has 2 aromatic carbocycles. The molecule has 0 saturated heterocycles. The maximum Gasteiger partial charge on any atom is 0.338 e. The largest absolute Gasteiger partial charge is 0.454 e. The van der Waals surface area contributed by atoms with Crippen LogP contribution in [0, 0.1) is 17.0 Å². The third-order valence-electron chi connectivity index (χ3n) is 3.80. The lowest BCUT2D eigenvalue weighted by Crippen LogP contribution is -2.11. The van der Waals surface area contributed by atoms with Gasteiger partial charge in [-0.2, -0.15) is 15.0 Å². The van der Waals surface area contributed by atoms with Gasteiger partial charge in [0.05, 0.1) is 10.5 Å². The fourth-order valence-corrected chi connectivity index (χ4v) is 2.57. The molecule has 0 aliphatic heterocycles. The molecule has 0 unspecified atom stereocenters. The van der Waals surface area contributed by atoms with Gasteiger partial charge in [-0.25, -0.2) is 4.79 Å². The second-order valence-corrected chi connectivity index (χ2v) is 6.28. The highest BCUT2D eigenvalue weighted by molar-refractivity contribution is 6.32. The number of benzene rings is 2. The van der Waals surface area contributed by atoms with Gasteiger partial charge in [0.15, 0.2) is 12.4 Å². The predicted molar refractivity (Wildman–Crippen MR) is 106 cm³/mol. The average Bonchev–Trinajstić information content (AvgIpc) is 2.67. The van der Waals surface area contributed by atoms with Gasteiger partial charge in [-0.15, -0.1) is 0 Å². The lowest BCUT2D eigenvalue weighted by molar-refractivity contribution is -0.384. The Bertz CT molecular complexity index is 1090. The number of nitro benzene ring substituents is 1. The van der Waals surface area contributed by atoms with E-state index < -0.39 is 16.6 Å². The quantitative estimate of drug-likeness (QED) is 0.351. The minimum atomic E-state index is -0.794. The first kappa shape index (κ1) is 20.0. The van der Waals surface area contributed by atoms with Crippen LogP contribution in [0.2, 0.25) is 5.02 Å². The summed E-state index contributed by atoms with van der Waals surface area (Å²) < 4.78 is 5.13. The van der Waals surface area contributed by atoms with Crippen molar-refractivity contribution >= 4 is 40.8 Å². The first-order valence-corrected chi connectivity index (χ1v) is 8.65. The van der Waals surface area contributed by atoms with E-state index in [0.29, 0.717) is 0 Å². The zero-order chi connectivity index (χ0) is 21.0. The Labute approximate surface area is 169 Å². The van der Waals surface area contributed by atoms with Crippen LogP contribution in [0.25, 0.3) is 0 Å². The van der Waals surface area contributed by atoms with Crippen molar-refractivity contribution in [2.45, 2.75) is 13.5 Å². The number of carbonyl (C=O) groups is 1. The fraction of sp³-hybridized carbons (Fsp3) is 0.111. The Balaban J connectivity index is 1.73. The highest BCUT2D eigenvalue weighted by atomic mass is 35.5. The molecule has 3 rings (SSSR count). The number of aromatic nitrogens is 3. The van der Waals surface area contributed by atoms with Crippen LogP contribution in [-0.2, 0) is 11.3 Å². The van der Waals surface area contributed by atoms with Crippen molar-refractivity contribution in [2.24, 2.45) is 0 Å². The Morgan fingerprint density at radius 3 is 2.72 bits per heavy atom. The number of nitro groups is 1. The summed E-state index contributed by atoms with van der Waals surface area (Å²) in [4.78, 5) is 34.6. The molecule has 0 bridgehead atoms. The predicted octanol–water partition coefficient (Wildman–Crippen LogP) is 3.42. The number of aryl methyl sites for hydroxylation is 1. The first-order valence-electron chi connectivity index (χ1n) is 8.27. The van der Waals surface area contributed by atoms with Crippen LogP contribution in [0.4, 0.5) is 23.3 Å². The molecule has 1 aromatic heterocycles. The van der Waals surface area contributed by atoms with Crippen molar-refractivity contribution in [3.63, 3.8) is 0 Å². The number of hydrogen-bond donors (Lipinski definition) is 2. The molecular formula is C18H15ClN6O4. The average molecular weight is 415 g/mol. The van der Waals surface area contributed by atoms with E-state index in [2.05, 4.69) is 20.3 Å². The summed E-state index contributed by atoms with van der Waals surface area (Å²) in [6.45, 7) is 1.62. The molecule has 10 nitrogen and oxygen atoms in total. The standard InChI is InChI=1S/C18H15ClN6O4/c1-10-4-2-3-5-13(10)21-18-23-15(22-17(20)24-18)9-29-16(26)11-6-7-12(19)14(8-11)25(27)28/h2-8H,9H2,1H3,(H3,20,21,22,23,24). The third kappa shape index (κ3) is 4.93. The number of nitrogen functional groups attached to an aromatic ring is 1. The topological polar surface area (TPSA) is 146 Å². The molecule has 0 amide bonds. The Kier molecular flexibility index (Phi) is 5.84. The fourth-order valence-electron chi connectivity index (χ4n) is 2.39. The van der Waals surface area contributed by atoms with Crippen LogP contribution >= 0.6 is 11.6 Å². The van der Waals surface area contributed by atoms with Crippen LogP contribution in [0.15, 0.2) is 42.5 Å².